The van der Waals surface area contributed by atoms with Crippen LogP contribution in [-0.2, 0) is 25.5 Å². The third kappa shape index (κ3) is 13.7. The van der Waals surface area contributed by atoms with Gasteiger partial charge in [-0.25, -0.2) is 4.79 Å². The van der Waals surface area contributed by atoms with Crippen LogP contribution in [0, 0.1) is 5.92 Å². The van der Waals surface area contributed by atoms with Crippen LogP contribution < -0.4 is 16.0 Å². The number of hydrogen-bond donors (Lipinski definition) is 4. The molecule has 0 bridgehead atoms. The smallest absolute Gasteiger partial charge is 0.408 e. The van der Waals surface area contributed by atoms with E-state index in [9.17, 15) is 19.2 Å². The van der Waals surface area contributed by atoms with Gasteiger partial charge in [0.05, 0.1) is 6.54 Å². The summed E-state index contributed by atoms with van der Waals surface area (Å²) in [6, 6.07) is 9.78. The number of nitrogens with one attached hydrogen (secondary N) is 3. The van der Waals surface area contributed by atoms with Crippen LogP contribution in [0.15, 0.2) is 30.3 Å². The lowest BCUT2D eigenvalue weighted by atomic mass is 9.92. The first-order valence-electron chi connectivity index (χ1n) is 10.3. The molecule has 0 radical (unpaired) electrons. The molecule has 0 aromatic heterocycles. The standard InChI is InChI=1S/C22H33N3O6/c1-22(2,3)31-21(30)25-15-19(27)24-14-18(26)23-12-11-17(9-10-20(28)29)13-16-7-5-4-6-8-16/h4-8,17H,9-15H2,1-3H3,(H,23,26)(H,24,27)(H,25,30)(H,28,29)/t17-/m1/s1. The van der Waals surface area contributed by atoms with Crippen molar-refractivity contribution < 1.29 is 29.0 Å². The Bertz CT molecular complexity index is 731. The van der Waals surface area contributed by atoms with Crippen molar-refractivity contribution in [3.8, 4) is 0 Å². The van der Waals surface area contributed by atoms with E-state index in [1.54, 1.807) is 20.8 Å². The summed E-state index contributed by atoms with van der Waals surface area (Å²) in [5.74, 6) is -1.59. The molecule has 172 valence electrons. The minimum atomic E-state index is -0.843. The minimum absolute atomic E-state index is 0.0755. The number of ether oxygens (including phenoxy) is 1. The highest BCUT2D eigenvalue weighted by atomic mass is 16.6. The summed E-state index contributed by atoms with van der Waals surface area (Å²) in [5.41, 5.74) is 0.456. The predicted molar refractivity (Wildman–Crippen MR) is 115 cm³/mol. The first-order chi connectivity index (χ1) is 14.5. The van der Waals surface area contributed by atoms with Gasteiger partial charge in [-0.3, -0.25) is 14.4 Å². The predicted octanol–water partition coefficient (Wildman–Crippen LogP) is 1.86. The van der Waals surface area contributed by atoms with Crippen molar-refractivity contribution in [3.63, 3.8) is 0 Å². The van der Waals surface area contributed by atoms with Crippen LogP contribution in [0.3, 0.4) is 0 Å². The average Bonchev–Trinajstić information content (AvgIpc) is 2.68. The van der Waals surface area contributed by atoms with Crippen LogP contribution in [-0.4, -0.2) is 54.2 Å². The summed E-state index contributed by atoms with van der Waals surface area (Å²) in [6.07, 6.45) is 1.25. The van der Waals surface area contributed by atoms with Crippen molar-refractivity contribution in [1.82, 2.24) is 16.0 Å². The maximum absolute atomic E-state index is 11.9. The fourth-order valence-electron chi connectivity index (χ4n) is 2.81. The molecule has 31 heavy (non-hydrogen) atoms. The molecule has 0 heterocycles. The molecule has 0 saturated heterocycles. The number of rotatable bonds is 12. The normalized spacial score (nSPS) is 11.8. The largest absolute Gasteiger partial charge is 0.481 e. The molecule has 0 aliphatic heterocycles. The van der Waals surface area contributed by atoms with Gasteiger partial charge < -0.3 is 25.8 Å². The molecule has 0 saturated carbocycles. The topological polar surface area (TPSA) is 134 Å². The summed E-state index contributed by atoms with van der Waals surface area (Å²) >= 11 is 0. The molecule has 9 heteroatoms. The number of amides is 3. The molecule has 0 unspecified atom stereocenters. The summed E-state index contributed by atoms with van der Waals surface area (Å²) in [6.45, 7) is 5.00. The number of hydrogen-bond acceptors (Lipinski definition) is 5. The van der Waals surface area contributed by atoms with Gasteiger partial charge >= 0.3 is 12.1 Å². The Balaban J connectivity index is 2.31. The third-order valence-corrected chi connectivity index (χ3v) is 4.25. The van der Waals surface area contributed by atoms with Gasteiger partial charge in [-0.05, 0) is 51.5 Å². The van der Waals surface area contributed by atoms with Crippen molar-refractivity contribution in [1.29, 1.82) is 0 Å². The monoisotopic (exact) mass is 435 g/mol. The number of carboxylic acid groups (broad SMARTS) is 1. The van der Waals surface area contributed by atoms with E-state index >= 15 is 0 Å². The van der Waals surface area contributed by atoms with Gasteiger partial charge in [0.2, 0.25) is 11.8 Å². The number of benzene rings is 1. The second kappa shape index (κ2) is 13.3. The van der Waals surface area contributed by atoms with Crippen LogP contribution in [0.2, 0.25) is 0 Å². The van der Waals surface area contributed by atoms with Crippen molar-refractivity contribution in [2.24, 2.45) is 5.92 Å². The fourth-order valence-corrected chi connectivity index (χ4v) is 2.81. The molecular formula is C22H33N3O6. The van der Waals surface area contributed by atoms with Crippen molar-refractivity contribution in [2.45, 2.75) is 52.1 Å². The van der Waals surface area contributed by atoms with Gasteiger partial charge in [0.25, 0.3) is 0 Å². The summed E-state index contributed by atoms with van der Waals surface area (Å²) in [7, 11) is 0. The molecular weight excluding hydrogens is 402 g/mol. The fraction of sp³-hybridized carbons (Fsp3) is 0.545. The van der Waals surface area contributed by atoms with Gasteiger partial charge in [-0.1, -0.05) is 30.3 Å². The van der Waals surface area contributed by atoms with Gasteiger partial charge in [0.1, 0.15) is 12.1 Å². The number of carbonyl (C=O) groups excluding carboxylic acids is 3. The van der Waals surface area contributed by atoms with E-state index in [-0.39, 0.29) is 31.3 Å². The first-order valence-corrected chi connectivity index (χ1v) is 10.3. The van der Waals surface area contributed by atoms with Crippen molar-refractivity contribution in [2.75, 3.05) is 19.6 Å². The molecule has 1 aromatic carbocycles. The Morgan fingerprint density at radius 2 is 1.55 bits per heavy atom. The highest BCUT2D eigenvalue weighted by molar-refractivity contribution is 5.87. The van der Waals surface area contributed by atoms with Crippen LogP contribution in [0.4, 0.5) is 4.79 Å². The van der Waals surface area contributed by atoms with E-state index in [0.717, 1.165) is 12.0 Å². The second-order valence-corrected chi connectivity index (χ2v) is 8.26. The van der Waals surface area contributed by atoms with Crippen molar-refractivity contribution >= 4 is 23.9 Å². The Morgan fingerprint density at radius 1 is 0.935 bits per heavy atom. The molecule has 9 nitrogen and oxygen atoms in total. The van der Waals surface area contributed by atoms with E-state index in [2.05, 4.69) is 16.0 Å². The Hall–Kier alpha value is -3.10. The zero-order valence-electron chi connectivity index (χ0n) is 18.4. The molecule has 1 atom stereocenters. The van der Waals surface area contributed by atoms with Gasteiger partial charge in [-0.15, -0.1) is 0 Å². The van der Waals surface area contributed by atoms with Gasteiger partial charge in [0.15, 0.2) is 0 Å². The maximum Gasteiger partial charge on any atom is 0.408 e. The van der Waals surface area contributed by atoms with Crippen molar-refractivity contribution in [3.05, 3.63) is 35.9 Å². The Morgan fingerprint density at radius 3 is 2.16 bits per heavy atom. The Kier molecular flexibility index (Phi) is 11.1. The molecule has 4 N–H and O–H groups in total. The third-order valence-electron chi connectivity index (χ3n) is 4.25. The molecule has 0 aliphatic carbocycles. The average molecular weight is 436 g/mol. The number of carbonyl (C=O) groups is 4. The minimum Gasteiger partial charge on any atom is -0.481 e. The van der Waals surface area contributed by atoms with Crippen LogP contribution >= 0.6 is 0 Å². The lowest BCUT2D eigenvalue weighted by molar-refractivity contribution is -0.137. The van der Waals surface area contributed by atoms with Crippen LogP contribution in [0.25, 0.3) is 0 Å². The molecule has 1 rings (SSSR count). The molecule has 3 amide bonds. The number of carboxylic acids is 1. The number of aliphatic carboxylic acids is 1. The van der Waals surface area contributed by atoms with E-state index in [1.807, 2.05) is 30.3 Å². The Labute approximate surface area is 182 Å². The highest BCUT2D eigenvalue weighted by Crippen LogP contribution is 2.17. The van der Waals surface area contributed by atoms with Gasteiger partial charge in [0, 0.05) is 13.0 Å². The summed E-state index contributed by atoms with van der Waals surface area (Å²) in [5, 5.41) is 16.4. The second-order valence-electron chi connectivity index (χ2n) is 8.26. The lowest BCUT2D eigenvalue weighted by Crippen LogP contribution is -2.43. The van der Waals surface area contributed by atoms with E-state index in [1.165, 1.54) is 0 Å². The van der Waals surface area contributed by atoms with E-state index < -0.39 is 23.6 Å². The van der Waals surface area contributed by atoms with Crippen LogP contribution in [0.5, 0.6) is 0 Å². The maximum atomic E-state index is 11.9. The SMILES string of the molecule is CC(C)(C)OC(=O)NCC(=O)NCC(=O)NCC[C@@H](CCC(=O)O)Cc1ccccc1. The molecule has 0 aliphatic rings. The first kappa shape index (κ1) is 25.9. The lowest BCUT2D eigenvalue weighted by Gasteiger charge is -2.19. The highest BCUT2D eigenvalue weighted by Gasteiger charge is 2.17. The molecule has 0 spiro atoms. The van der Waals surface area contributed by atoms with Gasteiger partial charge in [-0.2, -0.15) is 0 Å². The van der Waals surface area contributed by atoms with E-state index in [4.69, 9.17) is 9.84 Å². The zero-order valence-corrected chi connectivity index (χ0v) is 18.4. The molecule has 1 aromatic rings. The quantitative estimate of drug-likeness (QED) is 0.396. The summed E-state index contributed by atoms with van der Waals surface area (Å²) in [4.78, 5) is 46.1. The van der Waals surface area contributed by atoms with Crippen LogP contribution in [0.1, 0.15) is 45.6 Å². The summed E-state index contributed by atoms with van der Waals surface area (Å²) < 4.78 is 5.02. The molecule has 0 fully saturated rings. The van der Waals surface area contributed by atoms with E-state index in [0.29, 0.717) is 19.4 Å². The number of alkyl carbamates (subject to hydrolysis) is 1. The zero-order chi connectivity index (χ0) is 23.3.